The SMILES string of the molecule is Cc1cc(C(=O)N(CC(N)=S)C(C)C)ccn1. The standard InChI is InChI=1S/C12H17N3OS/c1-8(2)15(7-11(13)17)12(16)10-4-5-14-9(3)6-10/h4-6,8H,7H2,1-3H3,(H2,13,17). The van der Waals surface area contributed by atoms with Gasteiger partial charge in [0.2, 0.25) is 0 Å². The van der Waals surface area contributed by atoms with Gasteiger partial charge in [-0.2, -0.15) is 0 Å². The second kappa shape index (κ2) is 5.72. The quantitative estimate of drug-likeness (QED) is 0.824. The van der Waals surface area contributed by atoms with Crippen molar-refractivity contribution in [2.75, 3.05) is 6.54 Å². The van der Waals surface area contributed by atoms with Gasteiger partial charge in [-0.05, 0) is 32.9 Å². The number of carbonyl (C=O) groups is 1. The van der Waals surface area contributed by atoms with Crippen molar-refractivity contribution in [3.05, 3.63) is 29.6 Å². The number of hydrogen-bond donors (Lipinski definition) is 1. The van der Waals surface area contributed by atoms with Crippen LogP contribution in [0.1, 0.15) is 29.9 Å². The van der Waals surface area contributed by atoms with Crippen molar-refractivity contribution in [3.63, 3.8) is 0 Å². The predicted molar refractivity (Wildman–Crippen MR) is 71.9 cm³/mol. The Morgan fingerprint density at radius 3 is 2.71 bits per heavy atom. The fourth-order valence-corrected chi connectivity index (χ4v) is 1.64. The summed E-state index contributed by atoms with van der Waals surface area (Å²) in [4.78, 5) is 18.3. The Morgan fingerprint density at radius 2 is 2.24 bits per heavy atom. The van der Waals surface area contributed by atoms with Crippen molar-refractivity contribution in [1.29, 1.82) is 0 Å². The Morgan fingerprint density at radius 1 is 1.59 bits per heavy atom. The largest absolute Gasteiger partial charge is 0.392 e. The third-order valence-corrected chi connectivity index (χ3v) is 2.48. The lowest BCUT2D eigenvalue weighted by Crippen LogP contribution is -2.42. The first kappa shape index (κ1) is 13.6. The number of carbonyl (C=O) groups excluding carboxylic acids is 1. The molecule has 1 heterocycles. The monoisotopic (exact) mass is 251 g/mol. The van der Waals surface area contributed by atoms with Crippen LogP contribution in [0.5, 0.6) is 0 Å². The van der Waals surface area contributed by atoms with E-state index >= 15 is 0 Å². The van der Waals surface area contributed by atoms with Gasteiger partial charge in [-0.15, -0.1) is 0 Å². The van der Waals surface area contributed by atoms with Crippen molar-refractivity contribution in [1.82, 2.24) is 9.88 Å². The minimum absolute atomic E-state index is 0.0532. The predicted octanol–water partition coefficient (Wildman–Crippen LogP) is 1.53. The zero-order chi connectivity index (χ0) is 13.0. The molecule has 0 saturated heterocycles. The van der Waals surface area contributed by atoms with Crippen LogP contribution < -0.4 is 5.73 Å². The number of aromatic nitrogens is 1. The Hall–Kier alpha value is -1.49. The average Bonchev–Trinajstić information content (AvgIpc) is 2.24. The molecule has 2 N–H and O–H groups in total. The Labute approximate surface area is 107 Å². The molecule has 4 nitrogen and oxygen atoms in total. The molecule has 1 rings (SSSR count). The van der Waals surface area contributed by atoms with E-state index in [1.807, 2.05) is 20.8 Å². The maximum Gasteiger partial charge on any atom is 0.254 e. The number of nitrogens with zero attached hydrogens (tertiary/aromatic N) is 2. The summed E-state index contributed by atoms with van der Waals surface area (Å²) in [6, 6.07) is 3.51. The third-order valence-electron chi connectivity index (χ3n) is 2.35. The van der Waals surface area contributed by atoms with Gasteiger partial charge in [0.1, 0.15) is 0 Å². The summed E-state index contributed by atoms with van der Waals surface area (Å²) < 4.78 is 0. The molecular weight excluding hydrogens is 234 g/mol. The van der Waals surface area contributed by atoms with Crippen LogP contribution in [0.3, 0.4) is 0 Å². The molecule has 0 atom stereocenters. The summed E-state index contributed by atoms with van der Waals surface area (Å²) in [6.07, 6.45) is 1.63. The van der Waals surface area contributed by atoms with Crippen LogP contribution >= 0.6 is 12.2 Å². The number of aryl methyl sites for hydroxylation is 1. The number of pyridine rings is 1. The molecule has 1 amide bonds. The van der Waals surface area contributed by atoms with Crippen molar-refractivity contribution in [2.24, 2.45) is 5.73 Å². The summed E-state index contributed by atoms with van der Waals surface area (Å²) in [5.74, 6) is -0.0710. The molecule has 92 valence electrons. The molecule has 0 aliphatic carbocycles. The van der Waals surface area contributed by atoms with Gasteiger partial charge in [0.25, 0.3) is 5.91 Å². The van der Waals surface area contributed by atoms with E-state index in [2.05, 4.69) is 4.98 Å². The zero-order valence-corrected chi connectivity index (χ0v) is 11.1. The molecule has 0 saturated carbocycles. The summed E-state index contributed by atoms with van der Waals surface area (Å²) in [5, 5.41) is 0. The number of nitrogens with two attached hydrogens (primary N) is 1. The summed E-state index contributed by atoms with van der Waals surface area (Å²) in [7, 11) is 0. The van der Waals surface area contributed by atoms with Crippen LogP contribution in [0.15, 0.2) is 18.3 Å². The third kappa shape index (κ3) is 3.78. The molecule has 0 spiro atoms. The highest BCUT2D eigenvalue weighted by Gasteiger charge is 2.19. The van der Waals surface area contributed by atoms with Gasteiger partial charge in [0, 0.05) is 23.5 Å². The summed E-state index contributed by atoms with van der Waals surface area (Å²) in [6.45, 7) is 6.02. The van der Waals surface area contributed by atoms with Crippen molar-refractivity contribution in [2.45, 2.75) is 26.8 Å². The van der Waals surface area contributed by atoms with Gasteiger partial charge in [-0.3, -0.25) is 9.78 Å². The van der Waals surface area contributed by atoms with Gasteiger partial charge in [0.15, 0.2) is 0 Å². The Balaban J connectivity index is 2.95. The van der Waals surface area contributed by atoms with Crippen molar-refractivity contribution in [3.8, 4) is 0 Å². The smallest absolute Gasteiger partial charge is 0.254 e. The average molecular weight is 251 g/mol. The second-order valence-corrected chi connectivity index (χ2v) is 4.70. The molecular formula is C12H17N3OS. The fraction of sp³-hybridized carbons (Fsp3) is 0.417. The molecule has 0 fully saturated rings. The summed E-state index contributed by atoms with van der Waals surface area (Å²) >= 11 is 4.86. The topological polar surface area (TPSA) is 59.2 Å². The molecule has 1 aromatic rings. The van der Waals surface area contributed by atoms with Crippen molar-refractivity contribution >= 4 is 23.1 Å². The highest BCUT2D eigenvalue weighted by atomic mass is 32.1. The molecule has 0 aliphatic heterocycles. The van der Waals surface area contributed by atoms with Gasteiger partial charge < -0.3 is 10.6 Å². The highest BCUT2D eigenvalue weighted by molar-refractivity contribution is 7.80. The zero-order valence-electron chi connectivity index (χ0n) is 10.3. The number of amides is 1. The first-order valence-electron chi connectivity index (χ1n) is 5.43. The first-order valence-corrected chi connectivity index (χ1v) is 5.84. The van der Waals surface area contributed by atoms with Crippen LogP contribution in [-0.4, -0.2) is 33.4 Å². The van der Waals surface area contributed by atoms with Crippen LogP contribution in [0.4, 0.5) is 0 Å². The van der Waals surface area contributed by atoms with E-state index < -0.39 is 0 Å². The molecule has 1 aromatic heterocycles. The number of thiocarbonyl (C=S) groups is 1. The minimum Gasteiger partial charge on any atom is -0.392 e. The van der Waals surface area contributed by atoms with E-state index in [1.54, 1.807) is 23.2 Å². The van der Waals surface area contributed by atoms with Gasteiger partial charge in [0.05, 0.1) is 11.5 Å². The number of hydrogen-bond acceptors (Lipinski definition) is 3. The molecule has 0 unspecified atom stereocenters. The van der Waals surface area contributed by atoms with Crippen LogP contribution in [-0.2, 0) is 0 Å². The van der Waals surface area contributed by atoms with Gasteiger partial charge >= 0.3 is 0 Å². The molecule has 17 heavy (non-hydrogen) atoms. The van der Waals surface area contributed by atoms with Crippen LogP contribution in [0, 0.1) is 6.92 Å². The lowest BCUT2D eigenvalue weighted by Gasteiger charge is -2.26. The minimum atomic E-state index is -0.0710. The molecule has 0 aromatic carbocycles. The lowest BCUT2D eigenvalue weighted by molar-refractivity contribution is 0.0736. The number of rotatable bonds is 4. The normalized spacial score (nSPS) is 10.4. The van der Waals surface area contributed by atoms with Crippen LogP contribution in [0.25, 0.3) is 0 Å². The molecule has 0 radical (unpaired) electrons. The van der Waals surface area contributed by atoms with Crippen molar-refractivity contribution < 1.29 is 4.79 Å². The van der Waals surface area contributed by atoms with E-state index in [4.69, 9.17) is 18.0 Å². The van der Waals surface area contributed by atoms with E-state index in [0.717, 1.165) is 5.69 Å². The van der Waals surface area contributed by atoms with Gasteiger partial charge in [-0.25, -0.2) is 0 Å². The Kier molecular flexibility index (Phi) is 4.57. The first-order chi connectivity index (χ1) is 7.91. The fourth-order valence-electron chi connectivity index (χ4n) is 1.50. The second-order valence-electron chi connectivity index (χ2n) is 4.18. The maximum absolute atomic E-state index is 12.3. The Bertz CT molecular complexity index is 432. The molecule has 5 heteroatoms. The highest BCUT2D eigenvalue weighted by Crippen LogP contribution is 2.09. The van der Waals surface area contributed by atoms with E-state index in [9.17, 15) is 4.79 Å². The van der Waals surface area contributed by atoms with E-state index in [-0.39, 0.29) is 11.9 Å². The van der Waals surface area contributed by atoms with Gasteiger partial charge in [-0.1, -0.05) is 12.2 Å². The van der Waals surface area contributed by atoms with E-state index in [1.165, 1.54) is 0 Å². The van der Waals surface area contributed by atoms with E-state index in [0.29, 0.717) is 17.1 Å². The van der Waals surface area contributed by atoms with Crippen LogP contribution in [0.2, 0.25) is 0 Å². The lowest BCUT2D eigenvalue weighted by atomic mass is 10.2. The maximum atomic E-state index is 12.3. The summed E-state index contributed by atoms with van der Waals surface area (Å²) in [5.41, 5.74) is 6.93. The molecule has 0 bridgehead atoms. The molecule has 0 aliphatic rings.